The molecule has 0 aliphatic carbocycles. The Hall–Kier alpha value is -0.740. The lowest BCUT2D eigenvalue weighted by Crippen LogP contribution is -2.25. The largest absolute Gasteiger partial charge is 0.311 e. The van der Waals surface area contributed by atoms with Gasteiger partial charge in [0.2, 0.25) is 0 Å². The van der Waals surface area contributed by atoms with Crippen LogP contribution in [0.4, 0.5) is 0 Å². The second-order valence-corrected chi connectivity index (χ2v) is 2.88. The van der Waals surface area contributed by atoms with Gasteiger partial charge in [-0.2, -0.15) is 0 Å². The van der Waals surface area contributed by atoms with Gasteiger partial charge in [-0.15, -0.1) is 0 Å². The van der Waals surface area contributed by atoms with Gasteiger partial charge in [0.1, 0.15) is 12.6 Å². The van der Waals surface area contributed by atoms with Crippen molar-refractivity contribution in [2.24, 2.45) is 0 Å². The molecule has 0 saturated heterocycles. The maximum atomic E-state index is 9.90. The quantitative estimate of drug-likeness (QED) is 0.611. The van der Waals surface area contributed by atoms with Crippen molar-refractivity contribution in [1.82, 2.24) is 10.6 Å². The highest BCUT2D eigenvalue weighted by atomic mass is 16.1. The molecule has 0 aromatic heterocycles. The van der Waals surface area contributed by atoms with Crippen molar-refractivity contribution >= 4 is 12.6 Å². The first-order valence-corrected chi connectivity index (χ1v) is 4.95. The highest BCUT2D eigenvalue weighted by Crippen LogP contribution is 1.81. The zero-order valence-corrected chi connectivity index (χ0v) is 9.54. The molecule has 0 saturated carbocycles. The van der Waals surface area contributed by atoms with Crippen molar-refractivity contribution in [3.8, 4) is 0 Å². The third-order valence-corrected chi connectivity index (χ3v) is 1.95. The predicted molar refractivity (Wildman–Crippen MR) is 58.4 cm³/mol. The fourth-order valence-corrected chi connectivity index (χ4v) is 0.737. The molecule has 84 valence electrons. The molecule has 0 aromatic carbocycles. The van der Waals surface area contributed by atoms with E-state index in [0.29, 0.717) is 0 Å². The number of carbonyl (C=O) groups excluding carboxylic acids is 2. The van der Waals surface area contributed by atoms with E-state index in [0.717, 1.165) is 25.4 Å². The molecule has 2 atom stereocenters. The molecular weight excluding hydrogens is 180 g/mol. The molecule has 1 unspecified atom stereocenters. The van der Waals surface area contributed by atoms with E-state index in [1.807, 2.05) is 13.8 Å². The minimum absolute atomic E-state index is 0.0556. The summed E-state index contributed by atoms with van der Waals surface area (Å²) in [5, 5.41) is 5.67. The SMILES string of the molecule is CCC(C=O)NC.CC[C@@H](C=O)NC. The molecule has 0 aromatic rings. The van der Waals surface area contributed by atoms with Crippen molar-refractivity contribution in [1.29, 1.82) is 0 Å². The highest BCUT2D eigenvalue weighted by Gasteiger charge is 1.95. The molecule has 4 heteroatoms. The molecule has 0 fully saturated rings. The molecule has 14 heavy (non-hydrogen) atoms. The van der Waals surface area contributed by atoms with Gasteiger partial charge in [-0.05, 0) is 26.9 Å². The topological polar surface area (TPSA) is 58.2 Å². The van der Waals surface area contributed by atoms with E-state index < -0.39 is 0 Å². The van der Waals surface area contributed by atoms with Crippen LogP contribution in [0.25, 0.3) is 0 Å². The molecule has 0 rings (SSSR count). The highest BCUT2D eigenvalue weighted by molar-refractivity contribution is 5.57. The van der Waals surface area contributed by atoms with Crippen molar-refractivity contribution in [2.75, 3.05) is 14.1 Å². The van der Waals surface area contributed by atoms with Gasteiger partial charge in [-0.1, -0.05) is 13.8 Å². The average Bonchev–Trinajstić information content (AvgIpc) is 2.24. The second-order valence-electron chi connectivity index (χ2n) is 2.88. The van der Waals surface area contributed by atoms with Crippen LogP contribution in [0.5, 0.6) is 0 Å². The molecule has 2 N–H and O–H groups in total. The zero-order chi connectivity index (χ0) is 11.4. The molecule has 0 bridgehead atoms. The lowest BCUT2D eigenvalue weighted by atomic mass is 10.3. The molecular formula is C10H22N2O2. The van der Waals surface area contributed by atoms with Gasteiger partial charge < -0.3 is 20.2 Å². The Balaban J connectivity index is 0. The zero-order valence-electron chi connectivity index (χ0n) is 9.54. The molecule has 4 nitrogen and oxygen atoms in total. The van der Waals surface area contributed by atoms with Gasteiger partial charge in [-0.25, -0.2) is 0 Å². The molecule has 0 heterocycles. The minimum Gasteiger partial charge on any atom is -0.311 e. The fraction of sp³-hybridized carbons (Fsp3) is 0.800. The molecule has 0 aliphatic rings. The summed E-state index contributed by atoms with van der Waals surface area (Å²) in [4.78, 5) is 19.8. The summed E-state index contributed by atoms with van der Waals surface area (Å²) in [6, 6.07) is 0.111. The second kappa shape index (κ2) is 12.3. The summed E-state index contributed by atoms with van der Waals surface area (Å²) >= 11 is 0. The summed E-state index contributed by atoms with van der Waals surface area (Å²) < 4.78 is 0. The van der Waals surface area contributed by atoms with E-state index >= 15 is 0 Å². The smallest absolute Gasteiger partial charge is 0.136 e. The number of rotatable bonds is 6. The molecule has 0 spiro atoms. The summed E-state index contributed by atoms with van der Waals surface area (Å²) in [6.07, 6.45) is 3.58. The van der Waals surface area contributed by atoms with E-state index in [1.54, 1.807) is 14.1 Å². The Morgan fingerprint density at radius 1 is 0.929 bits per heavy atom. The maximum Gasteiger partial charge on any atom is 0.136 e. The van der Waals surface area contributed by atoms with Crippen LogP contribution in [0.2, 0.25) is 0 Å². The average molecular weight is 202 g/mol. The first kappa shape index (κ1) is 15.7. The number of hydrogen-bond acceptors (Lipinski definition) is 4. The Labute approximate surface area is 86.5 Å². The van der Waals surface area contributed by atoms with Gasteiger partial charge in [-0.3, -0.25) is 0 Å². The van der Waals surface area contributed by atoms with Crippen LogP contribution in [0.15, 0.2) is 0 Å². The van der Waals surface area contributed by atoms with Gasteiger partial charge in [0.25, 0.3) is 0 Å². The Kier molecular flexibility index (Phi) is 13.8. The molecule has 0 radical (unpaired) electrons. The summed E-state index contributed by atoms with van der Waals surface area (Å²) in [6.45, 7) is 3.94. The minimum atomic E-state index is 0.0556. The lowest BCUT2D eigenvalue weighted by Gasteiger charge is -2.00. The van der Waals surface area contributed by atoms with Crippen molar-refractivity contribution in [2.45, 2.75) is 38.8 Å². The van der Waals surface area contributed by atoms with Crippen LogP contribution in [0.3, 0.4) is 0 Å². The summed E-state index contributed by atoms with van der Waals surface area (Å²) in [5.41, 5.74) is 0. The van der Waals surface area contributed by atoms with Crippen molar-refractivity contribution < 1.29 is 9.59 Å². The van der Waals surface area contributed by atoms with Crippen LogP contribution in [-0.4, -0.2) is 38.8 Å². The summed E-state index contributed by atoms with van der Waals surface area (Å²) in [5.74, 6) is 0. The summed E-state index contributed by atoms with van der Waals surface area (Å²) in [7, 11) is 3.56. The van der Waals surface area contributed by atoms with Gasteiger partial charge in [0.15, 0.2) is 0 Å². The van der Waals surface area contributed by atoms with Gasteiger partial charge >= 0.3 is 0 Å². The first-order valence-electron chi connectivity index (χ1n) is 4.95. The first-order chi connectivity index (χ1) is 6.69. The number of carbonyl (C=O) groups is 2. The number of hydrogen-bond donors (Lipinski definition) is 2. The third kappa shape index (κ3) is 9.35. The van der Waals surface area contributed by atoms with E-state index in [-0.39, 0.29) is 12.1 Å². The van der Waals surface area contributed by atoms with Crippen LogP contribution < -0.4 is 10.6 Å². The third-order valence-electron chi connectivity index (χ3n) is 1.95. The molecule has 0 amide bonds. The van der Waals surface area contributed by atoms with E-state index in [4.69, 9.17) is 0 Å². The normalized spacial score (nSPS) is 13.4. The van der Waals surface area contributed by atoms with Gasteiger partial charge in [0.05, 0.1) is 12.1 Å². The Morgan fingerprint density at radius 2 is 1.21 bits per heavy atom. The van der Waals surface area contributed by atoms with E-state index in [1.165, 1.54) is 0 Å². The Morgan fingerprint density at radius 3 is 1.21 bits per heavy atom. The van der Waals surface area contributed by atoms with Gasteiger partial charge in [0, 0.05) is 0 Å². The lowest BCUT2D eigenvalue weighted by molar-refractivity contribution is -0.110. The van der Waals surface area contributed by atoms with Crippen LogP contribution in [0.1, 0.15) is 26.7 Å². The maximum absolute atomic E-state index is 9.90. The monoisotopic (exact) mass is 202 g/mol. The number of aldehydes is 2. The fourth-order valence-electron chi connectivity index (χ4n) is 0.737. The van der Waals surface area contributed by atoms with Crippen LogP contribution in [-0.2, 0) is 9.59 Å². The predicted octanol–water partition coefficient (Wildman–Crippen LogP) is 0.367. The van der Waals surface area contributed by atoms with E-state index in [2.05, 4.69) is 10.6 Å². The van der Waals surface area contributed by atoms with Crippen molar-refractivity contribution in [3.05, 3.63) is 0 Å². The van der Waals surface area contributed by atoms with E-state index in [9.17, 15) is 9.59 Å². The van der Waals surface area contributed by atoms with Crippen LogP contribution in [0, 0.1) is 0 Å². The van der Waals surface area contributed by atoms with Crippen LogP contribution >= 0.6 is 0 Å². The molecule has 0 aliphatic heterocycles. The Bertz CT molecular complexity index is 116. The number of nitrogens with one attached hydrogen (secondary N) is 2. The standard InChI is InChI=1S/2C5H11NO/c2*1-3-5(4-7)6-2/h2*4-6H,3H2,1-2H3/t5-;/m0./s1. The number of likely N-dealkylation sites (N-methyl/N-ethyl adjacent to an activating group) is 2. The van der Waals surface area contributed by atoms with Crippen molar-refractivity contribution in [3.63, 3.8) is 0 Å².